The average Bonchev–Trinajstić information content (AvgIpc) is 3.00. The van der Waals surface area contributed by atoms with Gasteiger partial charge in [-0.1, -0.05) is 6.92 Å². The molecular formula is C16H22N4S. The number of nitrogens with zero attached hydrogens (tertiary/aromatic N) is 4. The lowest BCUT2D eigenvalue weighted by molar-refractivity contribution is 0.273. The Bertz CT molecular complexity index is 653. The molecular weight excluding hydrogens is 280 g/mol. The van der Waals surface area contributed by atoms with Gasteiger partial charge in [0.25, 0.3) is 0 Å². The van der Waals surface area contributed by atoms with E-state index >= 15 is 0 Å². The number of hydrogen-bond donors (Lipinski definition) is 0. The summed E-state index contributed by atoms with van der Waals surface area (Å²) in [5.74, 6) is 1.18. The SMILES string of the molecule is CCN1CC[C@H]2CC[C@@H](C1)N2c1ncnc2c(C)csc12. The number of thiophene rings is 1. The number of fused-ring (bicyclic) bond motifs is 3. The van der Waals surface area contributed by atoms with E-state index in [0.717, 1.165) is 12.1 Å². The molecule has 0 radical (unpaired) electrons. The van der Waals surface area contributed by atoms with Crippen LogP contribution >= 0.6 is 11.3 Å². The largest absolute Gasteiger partial charge is 0.348 e. The number of likely N-dealkylation sites (tertiary alicyclic amines) is 1. The summed E-state index contributed by atoms with van der Waals surface area (Å²) in [4.78, 5) is 14.4. The zero-order valence-corrected chi connectivity index (χ0v) is 13.6. The van der Waals surface area contributed by atoms with E-state index in [1.165, 1.54) is 48.4 Å². The smallest absolute Gasteiger partial charge is 0.150 e. The molecule has 4 heterocycles. The van der Waals surface area contributed by atoms with Crippen LogP contribution in [0.3, 0.4) is 0 Å². The van der Waals surface area contributed by atoms with Crippen LogP contribution in [0.2, 0.25) is 0 Å². The van der Waals surface area contributed by atoms with E-state index in [9.17, 15) is 0 Å². The van der Waals surface area contributed by atoms with Crippen molar-refractivity contribution in [2.45, 2.75) is 45.2 Å². The summed E-state index contributed by atoms with van der Waals surface area (Å²) in [6, 6.07) is 1.28. The number of hydrogen-bond acceptors (Lipinski definition) is 5. The van der Waals surface area contributed by atoms with Crippen LogP contribution in [-0.4, -0.2) is 46.6 Å². The number of aryl methyl sites for hydroxylation is 1. The van der Waals surface area contributed by atoms with Gasteiger partial charge >= 0.3 is 0 Å². The molecule has 2 fully saturated rings. The molecule has 2 aliphatic rings. The Balaban J connectivity index is 1.77. The van der Waals surface area contributed by atoms with E-state index in [2.05, 4.69) is 39.0 Å². The summed E-state index contributed by atoms with van der Waals surface area (Å²) in [6.45, 7) is 7.99. The standard InChI is InChI=1S/C16H22N4S/c1-3-19-7-6-12-4-5-13(8-19)20(12)16-15-14(17-10-18-16)11(2)9-21-15/h9-10,12-13H,3-8H2,1-2H3/t12-,13+/m1/s1. The molecule has 112 valence electrons. The van der Waals surface area contributed by atoms with Gasteiger partial charge in [-0.05, 0) is 43.7 Å². The maximum atomic E-state index is 4.68. The topological polar surface area (TPSA) is 32.3 Å². The van der Waals surface area contributed by atoms with Crippen molar-refractivity contribution in [2.75, 3.05) is 24.5 Å². The molecule has 0 spiro atoms. The van der Waals surface area contributed by atoms with Crippen LogP contribution in [0.4, 0.5) is 5.82 Å². The zero-order chi connectivity index (χ0) is 14.4. The molecule has 5 heteroatoms. The van der Waals surface area contributed by atoms with Crippen LogP contribution in [0.25, 0.3) is 10.2 Å². The van der Waals surface area contributed by atoms with Crippen molar-refractivity contribution < 1.29 is 0 Å². The summed E-state index contributed by atoms with van der Waals surface area (Å²) >= 11 is 1.80. The van der Waals surface area contributed by atoms with Gasteiger partial charge in [0.15, 0.2) is 5.82 Å². The van der Waals surface area contributed by atoms with Crippen molar-refractivity contribution in [2.24, 2.45) is 0 Å². The van der Waals surface area contributed by atoms with Crippen molar-refractivity contribution >= 4 is 27.4 Å². The van der Waals surface area contributed by atoms with E-state index in [-0.39, 0.29) is 0 Å². The minimum Gasteiger partial charge on any atom is -0.348 e. The third kappa shape index (κ3) is 2.14. The highest BCUT2D eigenvalue weighted by Gasteiger charge is 2.38. The van der Waals surface area contributed by atoms with Gasteiger partial charge < -0.3 is 9.80 Å². The zero-order valence-electron chi connectivity index (χ0n) is 12.7. The van der Waals surface area contributed by atoms with Crippen molar-refractivity contribution in [1.29, 1.82) is 0 Å². The summed E-state index contributed by atoms with van der Waals surface area (Å²) < 4.78 is 1.27. The Kier molecular flexibility index (Phi) is 3.34. The summed E-state index contributed by atoms with van der Waals surface area (Å²) in [5.41, 5.74) is 2.41. The molecule has 0 unspecified atom stereocenters. The van der Waals surface area contributed by atoms with Crippen molar-refractivity contribution in [1.82, 2.24) is 14.9 Å². The number of anilines is 1. The van der Waals surface area contributed by atoms with E-state index in [1.54, 1.807) is 17.7 Å². The maximum Gasteiger partial charge on any atom is 0.150 e. The summed E-state index contributed by atoms with van der Waals surface area (Å²) in [7, 11) is 0. The highest BCUT2D eigenvalue weighted by molar-refractivity contribution is 7.18. The van der Waals surface area contributed by atoms with E-state index in [4.69, 9.17) is 0 Å². The lowest BCUT2D eigenvalue weighted by atomic mass is 10.1. The van der Waals surface area contributed by atoms with E-state index < -0.39 is 0 Å². The monoisotopic (exact) mass is 302 g/mol. The molecule has 4 nitrogen and oxygen atoms in total. The van der Waals surface area contributed by atoms with Crippen LogP contribution in [0.1, 0.15) is 31.7 Å². The fourth-order valence-electron chi connectivity index (χ4n) is 3.92. The van der Waals surface area contributed by atoms with Gasteiger partial charge in [0.05, 0.1) is 10.2 Å². The molecule has 0 saturated carbocycles. The normalized spacial score (nSPS) is 26.5. The Morgan fingerprint density at radius 3 is 2.95 bits per heavy atom. The molecule has 2 atom stereocenters. The Morgan fingerprint density at radius 2 is 2.10 bits per heavy atom. The van der Waals surface area contributed by atoms with Gasteiger partial charge in [0.1, 0.15) is 6.33 Å². The summed E-state index contributed by atoms with van der Waals surface area (Å²) in [6.07, 6.45) is 5.63. The molecule has 2 aromatic rings. The fourth-order valence-corrected chi connectivity index (χ4v) is 4.91. The Morgan fingerprint density at radius 1 is 1.24 bits per heavy atom. The lowest BCUT2D eigenvalue weighted by Gasteiger charge is -2.30. The van der Waals surface area contributed by atoms with Crippen LogP contribution in [0, 0.1) is 6.92 Å². The molecule has 21 heavy (non-hydrogen) atoms. The minimum absolute atomic E-state index is 0.623. The average molecular weight is 302 g/mol. The first-order chi connectivity index (χ1) is 10.3. The first-order valence-electron chi connectivity index (χ1n) is 7.97. The van der Waals surface area contributed by atoms with Crippen LogP contribution in [0.15, 0.2) is 11.7 Å². The highest BCUT2D eigenvalue weighted by atomic mass is 32.1. The Hall–Kier alpha value is -1.20. The molecule has 2 aromatic heterocycles. The molecule has 2 saturated heterocycles. The van der Waals surface area contributed by atoms with Gasteiger partial charge in [0.2, 0.25) is 0 Å². The highest BCUT2D eigenvalue weighted by Crippen LogP contribution is 2.39. The number of rotatable bonds is 2. The first-order valence-corrected chi connectivity index (χ1v) is 8.85. The fraction of sp³-hybridized carbons (Fsp3) is 0.625. The van der Waals surface area contributed by atoms with Crippen LogP contribution in [0.5, 0.6) is 0 Å². The van der Waals surface area contributed by atoms with E-state index in [0.29, 0.717) is 12.1 Å². The van der Waals surface area contributed by atoms with Gasteiger partial charge in [-0.15, -0.1) is 11.3 Å². The van der Waals surface area contributed by atoms with Crippen molar-refractivity contribution in [3.8, 4) is 0 Å². The van der Waals surface area contributed by atoms with Crippen LogP contribution < -0.4 is 4.90 Å². The van der Waals surface area contributed by atoms with Gasteiger partial charge in [-0.2, -0.15) is 0 Å². The third-order valence-electron chi connectivity index (χ3n) is 5.07. The molecule has 0 aromatic carbocycles. The second-order valence-corrected chi connectivity index (χ2v) is 7.15. The van der Waals surface area contributed by atoms with Gasteiger partial charge in [-0.25, -0.2) is 9.97 Å². The molecule has 0 amide bonds. The van der Waals surface area contributed by atoms with Crippen molar-refractivity contribution in [3.05, 3.63) is 17.3 Å². The summed E-state index contributed by atoms with van der Waals surface area (Å²) in [5, 5.41) is 2.21. The first kappa shape index (κ1) is 13.5. The Labute approximate surface area is 129 Å². The number of aromatic nitrogens is 2. The van der Waals surface area contributed by atoms with Crippen LogP contribution in [-0.2, 0) is 0 Å². The van der Waals surface area contributed by atoms with E-state index in [1.807, 2.05) is 0 Å². The number of likely N-dealkylation sites (N-methyl/N-ethyl adjacent to an activating group) is 1. The second kappa shape index (κ2) is 5.21. The molecule has 4 rings (SSSR count). The molecule has 0 N–H and O–H groups in total. The minimum atomic E-state index is 0.623. The van der Waals surface area contributed by atoms with Gasteiger partial charge in [0, 0.05) is 25.2 Å². The maximum absolute atomic E-state index is 4.68. The second-order valence-electron chi connectivity index (χ2n) is 6.27. The predicted molar refractivity (Wildman–Crippen MR) is 88.2 cm³/mol. The molecule has 2 aliphatic heterocycles. The quantitative estimate of drug-likeness (QED) is 0.853. The molecule has 0 aliphatic carbocycles. The third-order valence-corrected chi connectivity index (χ3v) is 6.15. The lowest BCUT2D eigenvalue weighted by Crippen LogP contribution is -2.39. The predicted octanol–water partition coefficient (Wildman–Crippen LogP) is 3.06. The van der Waals surface area contributed by atoms with Crippen molar-refractivity contribution in [3.63, 3.8) is 0 Å². The van der Waals surface area contributed by atoms with Gasteiger partial charge in [-0.3, -0.25) is 0 Å². The molecule has 2 bridgehead atoms.